The van der Waals surface area contributed by atoms with Crippen molar-refractivity contribution in [2.24, 2.45) is 5.41 Å². The average molecular weight is 159 g/mol. The van der Waals surface area contributed by atoms with E-state index >= 15 is 0 Å². The molecule has 0 radical (unpaired) electrons. The molecule has 4 heteroatoms. The van der Waals surface area contributed by atoms with Crippen molar-refractivity contribution >= 4 is 6.09 Å². The normalized spacial score (nSPS) is 27.9. The molecule has 64 valence electrons. The zero-order chi connectivity index (χ0) is 8.65. The quantitative estimate of drug-likeness (QED) is 0.581. The Hall–Kier alpha value is -0.770. The van der Waals surface area contributed by atoms with E-state index in [1.54, 1.807) is 0 Å². The lowest BCUT2D eigenvalue weighted by molar-refractivity contribution is -0.0577. The van der Waals surface area contributed by atoms with Gasteiger partial charge in [0, 0.05) is 12.0 Å². The molecule has 2 N–H and O–H groups in total. The Balaban J connectivity index is 2.60. The number of carboxylic acid groups (broad SMARTS) is 1. The number of hydrogen-bond acceptors (Lipinski definition) is 2. The molecule has 0 aromatic heterocycles. The molecule has 0 saturated carbocycles. The second-order valence-electron chi connectivity index (χ2n) is 3.60. The molecule has 1 aliphatic rings. The summed E-state index contributed by atoms with van der Waals surface area (Å²) >= 11 is 0. The first-order valence-corrected chi connectivity index (χ1v) is 3.59. The molecule has 1 heterocycles. The van der Waals surface area contributed by atoms with Gasteiger partial charge in [-0.3, -0.25) is 0 Å². The molecule has 0 aromatic rings. The van der Waals surface area contributed by atoms with Crippen LogP contribution in [0.25, 0.3) is 0 Å². The lowest BCUT2D eigenvalue weighted by atomic mass is 9.76. The summed E-state index contributed by atoms with van der Waals surface area (Å²) in [5.74, 6) is 0. The zero-order valence-corrected chi connectivity index (χ0v) is 6.74. The fourth-order valence-corrected chi connectivity index (χ4v) is 1.51. The Labute approximate surface area is 65.4 Å². The van der Waals surface area contributed by atoms with Gasteiger partial charge in [-0.15, -0.1) is 0 Å². The number of aliphatic hydroxyl groups excluding tert-OH is 1. The number of hydrogen-bond donors (Lipinski definition) is 2. The highest BCUT2D eigenvalue weighted by Gasteiger charge is 2.47. The summed E-state index contributed by atoms with van der Waals surface area (Å²) in [7, 11) is 0. The van der Waals surface area contributed by atoms with Crippen LogP contribution in [0.3, 0.4) is 0 Å². The topological polar surface area (TPSA) is 60.8 Å². The summed E-state index contributed by atoms with van der Waals surface area (Å²) in [6.45, 7) is 4.34. The van der Waals surface area contributed by atoms with Crippen LogP contribution in [0, 0.1) is 5.41 Å². The molecule has 0 bridgehead atoms. The fourth-order valence-electron chi connectivity index (χ4n) is 1.51. The van der Waals surface area contributed by atoms with Crippen LogP contribution in [0.5, 0.6) is 0 Å². The van der Waals surface area contributed by atoms with E-state index in [0.29, 0.717) is 6.54 Å². The standard InChI is InChI=1S/C7H13NO3/c1-7(2)4-8(6(10)11)5(7)3-9/h5,9H,3-4H2,1-2H3,(H,10,11). The number of likely N-dealkylation sites (tertiary alicyclic amines) is 1. The van der Waals surface area contributed by atoms with Crippen LogP contribution in [-0.2, 0) is 0 Å². The van der Waals surface area contributed by atoms with Crippen LogP contribution >= 0.6 is 0 Å². The summed E-state index contributed by atoms with van der Waals surface area (Å²) in [6.07, 6.45) is -0.941. The van der Waals surface area contributed by atoms with Gasteiger partial charge in [0.25, 0.3) is 0 Å². The maximum Gasteiger partial charge on any atom is 0.407 e. The van der Waals surface area contributed by atoms with E-state index in [4.69, 9.17) is 10.2 Å². The van der Waals surface area contributed by atoms with E-state index < -0.39 is 6.09 Å². The molecule has 1 amide bonds. The number of carbonyl (C=O) groups is 1. The van der Waals surface area contributed by atoms with Crippen molar-refractivity contribution < 1.29 is 15.0 Å². The molecule has 0 spiro atoms. The van der Waals surface area contributed by atoms with Crippen LogP contribution in [-0.4, -0.2) is 40.4 Å². The zero-order valence-electron chi connectivity index (χ0n) is 6.74. The Morgan fingerprint density at radius 1 is 1.73 bits per heavy atom. The van der Waals surface area contributed by atoms with Crippen LogP contribution in [0.4, 0.5) is 4.79 Å². The first-order valence-electron chi connectivity index (χ1n) is 3.59. The molecule has 1 atom stereocenters. The van der Waals surface area contributed by atoms with Crippen molar-refractivity contribution in [3.8, 4) is 0 Å². The lowest BCUT2D eigenvalue weighted by Crippen LogP contribution is -2.65. The van der Waals surface area contributed by atoms with Crippen molar-refractivity contribution in [1.29, 1.82) is 0 Å². The van der Waals surface area contributed by atoms with Gasteiger partial charge in [-0.05, 0) is 0 Å². The SMILES string of the molecule is CC1(C)CN(C(=O)O)C1CO. The molecular weight excluding hydrogens is 146 g/mol. The monoisotopic (exact) mass is 159 g/mol. The maximum absolute atomic E-state index is 10.5. The van der Waals surface area contributed by atoms with Gasteiger partial charge in [0.05, 0.1) is 12.6 Å². The third kappa shape index (κ3) is 1.18. The van der Waals surface area contributed by atoms with Crippen LogP contribution in [0.2, 0.25) is 0 Å². The van der Waals surface area contributed by atoms with Gasteiger partial charge in [-0.2, -0.15) is 0 Å². The molecule has 1 rings (SSSR count). The predicted octanol–water partition coefficient (Wildman–Crippen LogP) is 0.367. The maximum atomic E-state index is 10.5. The molecule has 1 unspecified atom stereocenters. The van der Waals surface area contributed by atoms with Crippen LogP contribution in [0.1, 0.15) is 13.8 Å². The van der Waals surface area contributed by atoms with E-state index in [1.165, 1.54) is 4.90 Å². The second kappa shape index (κ2) is 2.37. The van der Waals surface area contributed by atoms with E-state index in [1.807, 2.05) is 13.8 Å². The molecule has 1 fully saturated rings. The van der Waals surface area contributed by atoms with Gasteiger partial charge >= 0.3 is 6.09 Å². The van der Waals surface area contributed by atoms with E-state index in [0.717, 1.165) is 0 Å². The molecule has 1 aliphatic heterocycles. The van der Waals surface area contributed by atoms with E-state index in [-0.39, 0.29) is 18.1 Å². The number of amides is 1. The summed E-state index contributed by atoms with van der Waals surface area (Å²) in [5, 5.41) is 17.4. The van der Waals surface area contributed by atoms with Gasteiger partial charge < -0.3 is 15.1 Å². The highest BCUT2D eigenvalue weighted by Crippen LogP contribution is 2.36. The van der Waals surface area contributed by atoms with E-state index in [2.05, 4.69) is 0 Å². The van der Waals surface area contributed by atoms with Gasteiger partial charge in [-0.1, -0.05) is 13.8 Å². The van der Waals surface area contributed by atoms with Gasteiger partial charge in [0.1, 0.15) is 0 Å². The molecule has 0 aromatic carbocycles. The summed E-state index contributed by atoms with van der Waals surface area (Å²) < 4.78 is 0. The van der Waals surface area contributed by atoms with Crippen molar-refractivity contribution in [2.45, 2.75) is 19.9 Å². The fraction of sp³-hybridized carbons (Fsp3) is 0.857. The lowest BCUT2D eigenvalue weighted by Gasteiger charge is -2.51. The molecule has 0 aliphatic carbocycles. The number of aliphatic hydroxyl groups is 1. The summed E-state index contributed by atoms with van der Waals surface area (Å²) in [6, 6.07) is -0.222. The summed E-state index contributed by atoms with van der Waals surface area (Å²) in [4.78, 5) is 11.7. The van der Waals surface area contributed by atoms with Crippen molar-refractivity contribution in [2.75, 3.05) is 13.2 Å². The second-order valence-corrected chi connectivity index (χ2v) is 3.60. The number of rotatable bonds is 1. The van der Waals surface area contributed by atoms with Gasteiger partial charge in [0.15, 0.2) is 0 Å². The minimum absolute atomic E-state index is 0.0624. The van der Waals surface area contributed by atoms with Crippen molar-refractivity contribution in [3.05, 3.63) is 0 Å². The smallest absolute Gasteiger partial charge is 0.407 e. The van der Waals surface area contributed by atoms with Crippen LogP contribution < -0.4 is 0 Å². The first-order chi connectivity index (χ1) is 4.99. The van der Waals surface area contributed by atoms with Crippen molar-refractivity contribution in [1.82, 2.24) is 4.90 Å². The molecule has 1 saturated heterocycles. The average Bonchev–Trinajstić information content (AvgIpc) is 1.84. The molecular formula is C7H13NO3. The van der Waals surface area contributed by atoms with Gasteiger partial charge in [-0.25, -0.2) is 4.79 Å². The first kappa shape index (κ1) is 8.33. The summed E-state index contributed by atoms with van der Waals surface area (Å²) in [5.41, 5.74) is -0.0624. The third-order valence-corrected chi connectivity index (χ3v) is 2.27. The Morgan fingerprint density at radius 3 is 2.45 bits per heavy atom. The Bertz CT molecular complexity index is 179. The third-order valence-electron chi connectivity index (χ3n) is 2.27. The predicted molar refractivity (Wildman–Crippen MR) is 39.4 cm³/mol. The van der Waals surface area contributed by atoms with E-state index in [9.17, 15) is 4.79 Å². The number of nitrogens with zero attached hydrogens (tertiary/aromatic N) is 1. The minimum Gasteiger partial charge on any atom is -0.465 e. The molecule has 4 nitrogen and oxygen atoms in total. The highest BCUT2D eigenvalue weighted by atomic mass is 16.4. The highest BCUT2D eigenvalue weighted by molar-refractivity contribution is 5.67. The van der Waals surface area contributed by atoms with Crippen LogP contribution in [0.15, 0.2) is 0 Å². The Kier molecular flexibility index (Phi) is 1.80. The molecule has 11 heavy (non-hydrogen) atoms. The Morgan fingerprint density at radius 2 is 2.27 bits per heavy atom. The van der Waals surface area contributed by atoms with Crippen molar-refractivity contribution in [3.63, 3.8) is 0 Å². The largest absolute Gasteiger partial charge is 0.465 e. The van der Waals surface area contributed by atoms with Gasteiger partial charge in [0.2, 0.25) is 0 Å². The minimum atomic E-state index is -0.941.